The van der Waals surface area contributed by atoms with E-state index >= 15 is 0 Å². The maximum Gasteiger partial charge on any atom is 0.0464 e. The first-order chi connectivity index (χ1) is 18.2. The summed E-state index contributed by atoms with van der Waals surface area (Å²) in [5.41, 5.74) is 6.06. The van der Waals surface area contributed by atoms with Gasteiger partial charge < -0.3 is 5.32 Å². The normalized spacial score (nSPS) is 11.4. The van der Waals surface area contributed by atoms with Crippen LogP contribution in [0.25, 0.3) is 32.7 Å². The van der Waals surface area contributed by atoms with E-state index in [9.17, 15) is 0 Å². The Morgan fingerprint density at radius 1 is 0.757 bits per heavy atom. The molecule has 5 aromatic rings. The number of benzene rings is 5. The highest BCUT2D eigenvalue weighted by atomic mass is 32.2. The molecule has 5 aromatic carbocycles. The highest BCUT2D eigenvalue weighted by Crippen LogP contribution is 2.42. The van der Waals surface area contributed by atoms with Crippen molar-refractivity contribution in [2.75, 3.05) is 11.6 Å². The van der Waals surface area contributed by atoms with Gasteiger partial charge in [0.25, 0.3) is 0 Å². The lowest BCUT2D eigenvalue weighted by Gasteiger charge is -2.17. The molecular weight excluding hydrogens is 466 g/mol. The van der Waals surface area contributed by atoms with Crippen LogP contribution in [0.3, 0.4) is 0 Å². The molecular formula is C35H33NS. The molecule has 0 saturated carbocycles. The Kier molecular flexibility index (Phi) is 9.02. The Hall–Kier alpha value is -4.01. The molecule has 1 N–H and O–H groups in total. The van der Waals surface area contributed by atoms with E-state index in [0.717, 1.165) is 11.4 Å². The molecule has 0 saturated heterocycles. The second kappa shape index (κ2) is 12.8. The summed E-state index contributed by atoms with van der Waals surface area (Å²) in [6.07, 6.45) is 9.97. The molecule has 0 amide bonds. The van der Waals surface area contributed by atoms with Crippen LogP contribution >= 0.6 is 11.8 Å². The SMILES string of the molecule is C=C/C=C(C)\C=C/C.CSc1ccc2ccccc2c1-c1ccc(Nc2ccccc2)c2ccccc12. The van der Waals surface area contributed by atoms with Crippen LogP contribution < -0.4 is 5.32 Å². The van der Waals surface area contributed by atoms with Crippen molar-refractivity contribution < 1.29 is 0 Å². The molecule has 0 fully saturated rings. The molecule has 0 spiro atoms. The number of thioether (sulfide) groups is 1. The average molecular weight is 500 g/mol. The van der Waals surface area contributed by atoms with Gasteiger partial charge in [-0.15, -0.1) is 11.8 Å². The van der Waals surface area contributed by atoms with Gasteiger partial charge in [-0.05, 0) is 66.1 Å². The molecule has 2 heteroatoms. The summed E-state index contributed by atoms with van der Waals surface area (Å²) in [6.45, 7) is 7.62. The summed E-state index contributed by atoms with van der Waals surface area (Å²) in [7, 11) is 0. The molecule has 0 radical (unpaired) electrons. The number of hydrogen-bond donors (Lipinski definition) is 1. The van der Waals surface area contributed by atoms with Crippen molar-refractivity contribution in [2.45, 2.75) is 18.7 Å². The van der Waals surface area contributed by atoms with Gasteiger partial charge in [0.2, 0.25) is 0 Å². The van der Waals surface area contributed by atoms with E-state index in [1.807, 2.05) is 38.1 Å². The first kappa shape index (κ1) is 26.1. The van der Waals surface area contributed by atoms with Gasteiger partial charge in [-0.3, -0.25) is 0 Å². The number of allylic oxidation sites excluding steroid dienone is 5. The van der Waals surface area contributed by atoms with Gasteiger partial charge in [0.05, 0.1) is 0 Å². The maximum atomic E-state index is 3.59. The van der Waals surface area contributed by atoms with Gasteiger partial charge in [0.15, 0.2) is 0 Å². The average Bonchev–Trinajstić information content (AvgIpc) is 2.94. The van der Waals surface area contributed by atoms with Gasteiger partial charge in [-0.25, -0.2) is 0 Å². The van der Waals surface area contributed by atoms with E-state index in [4.69, 9.17) is 0 Å². The number of nitrogens with one attached hydrogen (secondary N) is 1. The third kappa shape index (κ3) is 6.22. The van der Waals surface area contributed by atoms with Crippen LogP contribution in [0.5, 0.6) is 0 Å². The minimum Gasteiger partial charge on any atom is -0.355 e. The summed E-state index contributed by atoms with van der Waals surface area (Å²) < 4.78 is 0. The van der Waals surface area contributed by atoms with Crippen molar-refractivity contribution in [2.24, 2.45) is 0 Å². The standard InChI is InChI=1S/C27H21NS.C8H12/c1-29-26-18-15-19-9-5-6-12-21(19)27(26)24-16-17-25(23-14-8-7-13-22(23)24)28-20-10-3-2-4-11-20;1-4-6-8(3)7-5-2/h2-18,28H,1H3;4-7H,1H2,2-3H3/b;7-5-,8-6-. The van der Waals surface area contributed by atoms with Crippen LogP contribution in [0.1, 0.15) is 13.8 Å². The fourth-order valence-corrected chi connectivity index (χ4v) is 5.14. The maximum absolute atomic E-state index is 3.59. The molecule has 0 heterocycles. The van der Waals surface area contributed by atoms with Gasteiger partial charge in [-0.1, -0.05) is 115 Å². The fraction of sp³-hybridized carbons (Fsp3) is 0.0857. The van der Waals surface area contributed by atoms with E-state index in [2.05, 4.69) is 115 Å². The van der Waals surface area contributed by atoms with Gasteiger partial charge in [0, 0.05) is 27.2 Å². The van der Waals surface area contributed by atoms with E-state index in [-0.39, 0.29) is 0 Å². The van der Waals surface area contributed by atoms with Crippen LogP contribution in [0, 0.1) is 0 Å². The first-order valence-electron chi connectivity index (χ1n) is 12.5. The lowest BCUT2D eigenvalue weighted by molar-refractivity contribution is 1.49. The molecule has 0 aromatic heterocycles. The van der Waals surface area contributed by atoms with Crippen molar-refractivity contribution in [3.8, 4) is 11.1 Å². The van der Waals surface area contributed by atoms with E-state index in [1.165, 1.54) is 43.1 Å². The Morgan fingerprint density at radius 2 is 1.43 bits per heavy atom. The fourth-order valence-electron chi connectivity index (χ4n) is 4.51. The third-order valence-electron chi connectivity index (χ3n) is 6.17. The topological polar surface area (TPSA) is 12.0 Å². The Balaban J connectivity index is 0.000000349. The zero-order valence-corrected chi connectivity index (χ0v) is 22.6. The number of para-hydroxylation sites is 1. The monoisotopic (exact) mass is 499 g/mol. The van der Waals surface area contributed by atoms with Crippen LogP contribution in [0.15, 0.2) is 144 Å². The molecule has 0 atom stereocenters. The molecule has 37 heavy (non-hydrogen) atoms. The lowest BCUT2D eigenvalue weighted by atomic mass is 9.93. The highest BCUT2D eigenvalue weighted by molar-refractivity contribution is 7.98. The zero-order chi connectivity index (χ0) is 26.0. The van der Waals surface area contributed by atoms with E-state index < -0.39 is 0 Å². The number of anilines is 2. The lowest BCUT2D eigenvalue weighted by Crippen LogP contribution is -1.93. The highest BCUT2D eigenvalue weighted by Gasteiger charge is 2.14. The minimum atomic E-state index is 1.10. The molecule has 184 valence electrons. The second-order valence-corrected chi connectivity index (χ2v) is 9.56. The molecule has 0 aliphatic carbocycles. The second-order valence-electron chi connectivity index (χ2n) is 8.71. The van der Waals surface area contributed by atoms with Crippen LogP contribution in [-0.2, 0) is 0 Å². The minimum absolute atomic E-state index is 1.10. The number of hydrogen-bond acceptors (Lipinski definition) is 2. The quantitative estimate of drug-likeness (QED) is 0.184. The van der Waals surface area contributed by atoms with Gasteiger partial charge in [-0.2, -0.15) is 0 Å². The van der Waals surface area contributed by atoms with Crippen molar-refractivity contribution in [1.82, 2.24) is 0 Å². The Labute approximate surface area is 225 Å². The summed E-state index contributed by atoms with van der Waals surface area (Å²) in [5.74, 6) is 0. The van der Waals surface area contributed by atoms with E-state index in [1.54, 1.807) is 17.8 Å². The summed E-state index contributed by atoms with van der Waals surface area (Å²) in [5, 5.41) is 8.65. The Morgan fingerprint density at radius 3 is 2.14 bits per heavy atom. The van der Waals surface area contributed by atoms with Gasteiger partial charge >= 0.3 is 0 Å². The third-order valence-corrected chi connectivity index (χ3v) is 6.95. The molecule has 0 aliphatic heterocycles. The Bertz CT molecular complexity index is 1560. The molecule has 0 aliphatic rings. The van der Waals surface area contributed by atoms with Gasteiger partial charge in [0.1, 0.15) is 0 Å². The van der Waals surface area contributed by atoms with Crippen LogP contribution in [0.2, 0.25) is 0 Å². The molecule has 0 unspecified atom stereocenters. The van der Waals surface area contributed by atoms with Crippen molar-refractivity contribution in [1.29, 1.82) is 0 Å². The van der Waals surface area contributed by atoms with E-state index in [0.29, 0.717) is 0 Å². The summed E-state index contributed by atoms with van der Waals surface area (Å²) in [6, 6.07) is 36.6. The first-order valence-corrected chi connectivity index (χ1v) is 13.7. The zero-order valence-electron chi connectivity index (χ0n) is 21.7. The molecule has 0 bridgehead atoms. The van der Waals surface area contributed by atoms with Crippen LogP contribution in [0.4, 0.5) is 11.4 Å². The van der Waals surface area contributed by atoms with Crippen LogP contribution in [-0.4, -0.2) is 6.26 Å². The largest absolute Gasteiger partial charge is 0.355 e. The van der Waals surface area contributed by atoms with Crippen molar-refractivity contribution in [3.05, 3.63) is 140 Å². The predicted octanol–water partition coefficient (Wildman–Crippen LogP) is 10.8. The molecule has 5 rings (SSSR count). The number of fused-ring (bicyclic) bond motifs is 2. The van der Waals surface area contributed by atoms with Crippen molar-refractivity contribution in [3.63, 3.8) is 0 Å². The smallest absolute Gasteiger partial charge is 0.0464 e. The predicted molar refractivity (Wildman–Crippen MR) is 167 cm³/mol. The summed E-state index contributed by atoms with van der Waals surface area (Å²) in [4.78, 5) is 1.30. The number of rotatable bonds is 6. The summed E-state index contributed by atoms with van der Waals surface area (Å²) >= 11 is 1.80. The molecule has 1 nitrogen and oxygen atoms in total. The van der Waals surface area contributed by atoms with Crippen molar-refractivity contribution >= 4 is 44.7 Å².